The number of carbonyl (C=O) groups is 1. The van der Waals surface area contributed by atoms with Crippen molar-refractivity contribution in [3.8, 4) is 11.3 Å². The van der Waals surface area contributed by atoms with Crippen LogP contribution in [-0.2, 0) is 12.6 Å². The van der Waals surface area contributed by atoms with Gasteiger partial charge in [0.2, 0.25) is 0 Å². The molecule has 0 aliphatic heterocycles. The summed E-state index contributed by atoms with van der Waals surface area (Å²) in [5, 5.41) is 2.70. The molecule has 3 aromatic rings. The zero-order chi connectivity index (χ0) is 20.1. The molecule has 0 unspecified atom stereocenters. The van der Waals surface area contributed by atoms with E-state index in [9.17, 15) is 18.0 Å². The first-order valence-electron chi connectivity index (χ1n) is 9.05. The van der Waals surface area contributed by atoms with E-state index in [0.29, 0.717) is 5.69 Å². The highest BCUT2D eigenvalue weighted by molar-refractivity contribution is 6.02. The third kappa shape index (κ3) is 4.63. The van der Waals surface area contributed by atoms with Crippen LogP contribution in [0.3, 0.4) is 0 Å². The number of aryl methyl sites for hydroxylation is 1. The van der Waals surface area contributed by atoms with Crippen LogP contribution in [0.2, 0.25) is 0 Å². The largest absolute Gasteiger partial charge is 0.451 e. The average Bonchev–Trinajstić information content (AvgIpc) is 3.17. The van der Waals surface area contributed by atoms with Gasteiger partial charge >= 0.3 is 6.18 Å². The summed E-state index contributed by atoms with van der Waals surface area (Å²) in [5.74, 6) is -0.577. The molecular formula is C22H20F3NO2. The number of furan rings is 1. The maximum atomic E-state index is 13.2. The number of carbonyl (C=O) groups excluding carboxylic acids is 1. The minimum Gasteiger partial charge on any atom is -0.451 e. The Labute approximate surface area is 161 Å². The number of alkyl halides is 3. The van der Waals surface area contributed by atoms with Gasteiger partial charge < -0.3 is 9.73 Å². The zero-order valence-corrected chi connectivity index (χ0v) is 15.3. The van der Waals surface area contributed by atoms with Crippen molar-refractivity contribution in [2.24, 2.45) is 0 Å². The molecule has 0 aliphatic carbocycles. The number of hydrogen-bond donors (Lipinski definition) is 1. The fourth-order valence-electron chi connectivity index (χ4n) is 2.88. The van der Waals surface area contributed by atoms with Gasteiger partial charge in [-0.2, -0.15) is 13.2 Å². The molecule has 1 N–H and O–H groups in total. The molecule has 0 atom stereocenters. The van der Waals surface area contributed by atoms with E-state index in [2.05, 4.69) is 12.2 Å². The molecule has 1 heterocycles. The first kappa shape index (κ1) is 19.7. The molecule has 146 valence electrons. The van der Waals surface area contributed by atoms with E-state index in [1.165, 1.54) is 35.9 Å². The fraction of sp³-hybridized carbons (Fsp3) is 0.227. The van der Waals surface area contributed by atoms with Crippen molar-refractivity contribution in [2.75, 3.05) is 5.32 Å². The Hall–Kier alpha value is -3.02. The molecule has 28 heavy (non-hydrogen) atoms. The van der Waals surface area contributed by atoms with Crippen molar-refractivity contribution in [3.05, 3.63) is 77.6 Å². The molecule has 0 saturated carbocycles. The van der Waals surface area contributed by atoms with E-state index in [4.69, 9.17) is 4.42 Å². The van der Waals surface area contributed by atoms with Crippen LogP contribution in [0.1, 0.15) is 41.4 Å². The molecule has 0 bridgehead atoms. The number of rotatable bonds is 6. The highest BCUT2D eigenvalue weighted by Crippen LogP contribution is 2.37. The van der Waals surface area contributed by atoms with Crippen LogP contribution in [0, 0.1) is 0 Å². The summed E-state index contributed by atoms with van der Waals surface area (Å²) in [6.45, 7) is 2.12. The fourth-order valence-corrected chi connectivity index (χ4v) is 2.88. The molecule has 0 saturated heterocycles. The van der Waals surface area contributed by atoms with Crippen molar-refractivity contribution < 1.29 is 22.4 Å². The SMILES string of the molecule is CCCCc1ccc(NC(=O)c2ccc(-c3ccccc3C(F)(F)F)o2)cc1. The second kappa shape index (κ2) is 8.33. The summed E-state index contributed by atoms with van der Waals surface area (Å²) < 4.78 is 44.9. The number of amides is 1. The highest BCUT2D eigenvalue weighted by Gasteiger charge is 2.34. The Bertz CT molecular complexity index is 943. The molecule has 1 aromatic heterocycles. The van der Waals surface area contributed by atoms with Gasteiger partial charge in [0.15, 0.2) is 5.76 Å². The lowest BCUT2D eigenvalue weighted by atomic mass is 10.1. The number of unbranched alkanes of at least 4 members (excludes halogenated alkanes) is 1. The maximum Gasteiger partial charge on any atom is 0.417 e. The second-order valence-electron chi connectivity index (χ2n) is 6.46. The van der Waals surface area contributed by atoms with Crippen LogP contribution >= 0.6 is 0 Å². The van der Waals surface area contributed by atoms with Gasteiger partial charge in [-0.1, -0.05) is 43.7 Å². The number of hydrogen-bond acceptors (Lipinski definition) is 2. The standard InChI is InChI=1S/C22H20F3NO2/c1-2-3-6-15-9-11-16(12-10-15)26-21(27)20-14-13-19(28-20)17-7-4-5-8-18(17)22(23,24)25/h4-5,7-14H,2-3,6H2,1H3,(H,26,27). The van der Waals surface area contributed by atoms with Gasteiger partial charge in [0.25, 0.3) is 5.91 Å². The van der Waals surface area contributed by atoms with Crippen molar-refractivity contribution in [2.45, 2.75) is 32.4 Å². The van der Waals surface area contributed by atoms with Crippen LogP contribution in [0.4, 0.5) is 18.9 Å². The van der Waals surface area contributed by atoms with Gasteiger partial charge in [0, 0.05) is 11.3 Å². The topological polar surface area (TPSA) is 42.2 Å². The first-order chi connectivity index (χ1) is 13.4. The van der Waals surface area contributed by atoms with E-state index >= 15 is 0 Å². The number of nitrogens with one attached hydrogen (secondary N) is 1. The van der Waals surface area contributed by atoms with E-state index < -0.39 is 17.6 Å². The third-order valence-electron chi connectivity index (χ3n) is 4.36. The Morgan fingerprint density at radius 2 is 1.71 bits per heavy atom. The molecule has 0 radical (unpaired) electrons. The minimum absolute atomic E-state index is 0.00649. The molecule has 3 rings (SSSR count). The Balaban J connectivity index is 1.75. The number of anilines is 1. The summed E-state index contributed by atoms with van der Waals surface area (Å²) in [6.07, 6.45) is -1.33. The van der Waals surface area contributed by atoms with Crippen molar-refractivity contribution in [1.29, 1.82) is 0 Å². The number of benzene rings is 2. The summed E-state index contributed by atoms with van der Waals surface area (Å²) >= 11 is 0. The molecular weight excluding hydrogens is 367 g/mol. The van der Waals surface area contributed by atoms with Crippen LogP contribution in [0.15, 0.2) is 65.1 Å². The summed E-state index contributed by atoms with van der Waals surface area (Å²) in [6, 6.07) is 15.3. The van der Waals surface area contributed by atoms with E-state index in [-0.39, 0.29) is 17.1 Å². The summed E-state index contributed by atoms with van der Waals surface area (Å²) in [4.78, 5) is 12.4. The van der Waals surface area contributed by atoms with Crippen LogP contribution in [-0.4, -0.2) is 5.91 Å². The highest BCUT2D eigenvalue weighted by atomic mass is 19.4. The van der Waals surface area contributed by atoms with E-state index in [1.807, 2.05) is 12.1 Å². The van der Waals surface area contributed by atoms with Gasteiger partial charge in [-0.15, -0.1) is 0 Å². The third-order valence-corrected chi connectivity index (χ3v) is 4.36. The molecule has 0 aliphatic rings. The molecule has 6 heteroatoms. The summed E-state index contributed by atoms with van der Waals surface area (Å²) in [7, 11) is 0. The maximum absolute atomic E-state index is 13.2. The lowest BCUT2D eigenvalue weighted by Crippen LogP contribution is -2.10. The van der Waals surface area contributed by atoms with Crippen molar-refractivity contribution in [1.82, 2.24) is 0 Å². The summed E-state index contributed by atoms with van der Waals surface area (Å²) in [5.41, 5.74) is 0.871. The van der Waals surface area contributed by atoms with Gasteiger partial charge in [-0.3, -0.25) is 4.79 Å². The zero-order valence-electron chi connectivity index (χ0n) is 15.3. The van der Waals surface area contributed by atoms with Gasteiger partial charge in [0.1, 0.15) is 5.76 Å². The Morgan fingerprint density at radius 3 is 2.39 bits per heavy atom. The van der Waals surface area contributed by atoms with Gasteiger partial charge in [0.05, 0.1) is 5.56 Å². The lowest BCUT2D eigenvalue weighted by molar-refractivity contribution is -0.137. The van der Waals surface area contributed by atoms with Gasteiger partial charge in [-0.05, 0) is 48.7 Å². The van der Waals surface area contributed by atoms with Gasteiger partial charge in [-0.25, -0.2) is 0 Å². The predicted octanol–water partition coefficient (Wildman–Crippen LogP) is 6.56. The van der Waals surface area contributed by atoms with Crippen molar-refractivity contribution >= 4 is 11.6 Å². The minimum atomic E-state index is -4.51. The van der Waals surface area contributed by atoms with Crippen LogP contribution in [0.5, 0.6) is 0 Å². The smallest absolute Gasteiger partial charge is 0.417 e. The molecule has 0 fully saturated rings. The Morgan fingerprint density at radius 1 is 1.00 bits per heavy atom. The van der Waals surface area contributed by atoms with Crippen LogP contribution in [0.25, 0.3) is 11.3 Å². The normalized spacial score (nSPS) is 11.4. The lowest BCUT2D eigenvalue weighted by Gasteiger charge is -2.10. The number of halogens is 3. The first-order valence-corrected chi connectivity index (χ1v) is 9.05. The molecule has 2 aromatic carbocycles. The predicted molar refractivity (Wildman–Crippen MR) is 102 cm³/mol. The molecule has 1 amide bonds. The monoisotopic (exact) mass is 387 g/mol. The molecule has 0 spiro atoms. The van der Waals surface area contributed by atoms with E-state index in [0.717, 1.165) is 25.3 Å². The molecule has 3 nitrogen and oxygen atoms in total. The average molecular weight is 387 g/mol. The quantitative estimate of drug-likeness (QED) is 0.520. The van der Waals surface area contributed by atoms with Crippen molar-refractivity contribution in [3.63, 3.8) is 0 Å². The van der Waals surface area contributed by atoms with E-state index in [1.54, 1.807) is 12.1 Å². The Kier molecular flexibility index (Phi) is 5.87. The van der Waals surface area contributed by atoms with Crippen LogP contribution < -0.4 is 5.32 Å². The second-order valence-corrected chi connectivity index (χ2v) is 6.46.